The third-order valence-corrected chi connectivity index (χ3v) is 4.85. The highest BCUT2D eigenvalue weighted by Gasteiger charge is 2.18. The molecule has 0 radical (unpaired) electrons. The zero-order valence-corrected chi connectivity index (χ0v) is 12.3. The van der Waals surface area contributed by atoms with Crippen LogP contribution in [0.15, 0.2) is 28.8 Å². The van der Waals surface area contributed by atoms with Gasteiger partial charge in [-0.1, -0.05) is 35.0 Å². The summed E-state index contributed by atoms with van der Waals surface area (Å²) < 4.78 is 5.42. The number of thioether (sulfide) groups is 1. The first kappa shape index (κ1) is 13.1. The topological polar surface area (TPSA) is 26.0 Å². The van der Waals surface area contributed by atoms with Crippen molar-refractivity contribution in [1.29, 1.82) is 0 Å². The molecule has 1 aromatic heterocycles. The monoisotopic (exact) mass is 293 g/mol. The molecule has 0 saturated carbocycles. The minimum Gasteiger partial charge on any atom is -0.361 e. The molecule has 0 fully saturated rings. The van der Waals surface area contributed by atoms with Crippen LogP contribution in [0.2, 0.25) is 5.02 Å². The minimum atomic E-state index is 0.845. The van der Waals surface area contributed by atoms with Crippen molar-refractivity contribution in [3.63, 3.8) is 0 Å². The van der Waals surface area contributed by atoms with Crippen molar-refractivity contribution in [2.75, 3.05) is 0 Å². The van der Waals surface area contributed by atoms with Crippen LogP contribution >= 0.6 is 23.4 Å². The second-order valence-corrected chi connectivity index (χ2v) is 6.22. The van der Waals surface area contributed by atoms with E-state index in [2.05, 4.69) is 11.2 Å². The molecule has 1 aliphatic carbocycles. The number of halogens is 1. The average molecular weight is 294 g/mol. The molecule has 3 rings (SSSR count). The molecule has 0 unspecified atom stereocenters. The Kier molecular flexibility index (Phi) is 4.14. The van der Waals surface area contributed by atoms with Crippen molar-refractivity contribution >= 4 is 23.4 Å². The van der Waals surface area contributed by atoms with Crippen LogP contribution in [0.3, 0.4) is 0 Å². The van der Waals surface area contributed by atoms with E-state index in [-0.39, 0.29) is 0 Å². The highest BCUT2D eigenvalue weighted by Crippen LogP contribution is 2.28. The maximum Gasteiger partial charge on any atom is 0.140 e. The van der Waals surface area contributed by atoms with E-state index in [4.69, 9.17) is 16.1 Å². The van der Waals surface area contributed by atoms with Crippen LogP contribution in [0.25, 0.3) is 0 Å². The summed E-state index contributed by atoms with van der Waals surface area (Å²) >= 11 is 8.00. The number of aryl methyl sites for hydroxylation is 1. The molecule has 2 nitrogen and oxygen atoms in total. The molecule has 1 heterocycles. The fraction of sp³-hybridized carbons (Fsp3) is 0.400. The second kappa shape index (κ2) is 6.02. The van der Waals surface area contributed by atoms with Crippen LogP contribution in [-0.2, 0) is 24.3 Å². The predicted octanol–water partition coefficient (Wildman–Crippen LogP) is 4.64. The average Bonchev–Trinajstić information content (AvgIpc) is 2.85. The lowest BCUT2D eigenvalue weighted by molar-refractivity contribution is 0.369. The molecule has 100 valence electrons. The fourth-order valence-corrected chi connectivity index (χ4v) is 3.71. The number of nitrogens with zero attached hydrogens (tertiary/aromatic N) is 1. The van der Waals surface area contributed by atoms with E-state index in [1.165, 1.54) is 24.0 Å². The van der Waals surface area contributed by atoms with Crippen LogP contribution in [0.5, 0.6) is 0 Å². The lowest BCUT2D eigenvalue weighted by atomic mass is 9.97. The molecule has 0 bridgehead atoms. The van der Waals surface area contributed by atoms with E-state index >= 15 is 0 Å². The van der Waals surface area contributed by atoms with Gasteiger partial charge in [0, 0.05) is 28.5 Å². The summed E-state index contributed by atoms with van der Waals surface area (Å²) in [7, 11) is 0. The van der Waals surface area contributed by atoms with Gasteiger partial charge in [0.05, 0.1) is 5.69 Å². The molecular weight excluding hydrogens is 278 g/mol. The van der Waals surface area contributed by atoms with Crippen molar-refractivity contribution in [2.45, 2.75) is 37.2 Å². The van der Waals surface area contributed by atoms with Gasteiger partial charge in [-0.05, 0) is 30.9 Å². The fourth-order valence-electron chi connectivity index (χ4n) is 2.44. The summed E-state index contributed by atoms with van der Waals surface area (Å²) in [4.78, 5) is 0. The van der Waals surface area contributed by atoms with Crippen LogP contribution in [-0.4, -0.2) is 5.16 Å². The summed E-state index contributed by atoms with van der Waals surface area (Å²) in [6.45, 7) is 0. The van der Waals surface area contributed by atoms with Crippen molar-refractivity contribution in [2.24, 2.45) is 0 Å². The van der Waals surface area contributed by atoms with Gasteiger partial charge in [-0.2, -0.15) is 11.8 Å². The molecular formula is C15H16ClNOS. The van der Waals surface area contributed by atoms with Gasteiger partial charge in [0.1, 0.15) is 5.76 Å². The highest BCUT2D eigenvalue weighted by molar-refractivity contribution is 7.97. The highest BCUT2D eigenvalue weighted by atomic mass is 35.5. The summed E-state index contributed by atoms with van der Waals surface area (Å²) in [5.74, 6) is 2.94. The Labute approximate surface area is 122 Å². The summed E-state index contributed by atoms with van der Waals surface area (Å²) in [6, 6.07) is 8.01. The number of hydrogen-bond donors (Lipinski definition) is 0. The van der Waals surface area contributed by atoms with Crippen molar-refractivity contribution in [3.8, 4) is 0 Å². The van der Waals surface area contributed by atoms with Gasteiger partial charge in [-0.25, -0.2) is 0 Å². The minimum absolute atomic E-state index is 0.845. The number of benzene rings is 1. The van der Waals surface area contributed by atoms with E-state index in [1.807, 2.05) is 30.0 Å². The van der Waals surface area contributed by atoms with Crippen LogP contribution in [0.4, 0.5) is 0 Å². The predicted molar refractivity (Wildman–Crippen MR) is 79.6 cm³/mol. The molecule has 0 N–H and O–H groups in total. The Morgan fingerprint density at radius 3 is 2.89 bits per heavy atom. The molecule has 0 aliphatic heterocycles. The van der Waals surface area contributed by atoms with Gasteiger partial charge in [0.15, 0.2) is 0 Å². The van der Waals surface area contributed by atoms with Gasteiger partial charge in [-0.3, -0.25) is 0 Å². The summed E-state index contributed by atoms with van der Waals surface area (Å²) in [5.41, 5.74) is 3.68. The first-order valence-electron chi connectivity index (χ1n) is 6.62. The van der Waals surface area contributed by atoms with E-state index in [0.29, 0.717) is 0 Å². The molecule has 0 amide bonds. The second-order valence-electron chi connectivity index (χ2n) is 4.82. The van der Waals surface area contributed by atoms with Gasteiger partial charge in [0.2, 0.25) is 0 Å². The maximum atomic E-state index is 6.15. The summed E-state index contributed by atoms with van der Waals surface area (Å²) in [6.07, 6.45) is 4.67. The lowest BCUT2D eigenvalue weighted by Crippen LogP contribution is -2.01. The summed E-state index contributed by atoms with van der Waals surface area (Å²) in [5, 5.41) is 5.07. The standard InChI is InChI=1S/C15H16ClNOS/c16-13-7-3-1-5-11(13)9-19-10-14-12-6-2-4-8-15(12)18-17-14/h1,3,5,7H,2,4,6,8-10H2. The zero-order chi connectivity index (χ0) is 13.1. The van der Waals surface area contributed by atoms with E-state index in [1.54, 1.807) is 0 Å². The SMILES string of the molecule is Clc1ccccc1CSCc1noc2c1CCCC2. The maximum absolute atomic E-state index is 6.15. The molecule has 1 aromatic carbocycles. The van der Waals surface area contributed by atoms with Gasteiger partial charge in [-0.15, -0.1) is 0 Å². The number of aromatic nitrogens is 1. The molecule has 0 atom stereocenters. The van der Waals surface area contributed by atoms with Crippen LogP contribution in [0, 0.1) is 0 Å². The quantitative estimate of drug-likeness (QED) is 0.821. The van der Waals surface area contributed by atoms with Gasteiger partial charge in [0.25, 0.3) is 0 Å². The zero-order valence-electron chi connectivity index (χ0n) is 10.7. The van der Waals surface area contributed by atoms with Crippen LogP contribution < -0.4 is 0 Å². The largest absolute Gasteiger partial charge is 0.361 e. The third-order valence-electron chi connectivity index (χ3n) is 3.49. The molecule has 2 aromatic rings. The van der Waals surface area contributed by atoms with E-state index in [0.717, 1.165) is 40.8 Å². The third kappa shape index (κ3) is 2.98. The smallest absolute Gasteiger partial charge is 0.140 e. The van der Waals surface area contributed by atoms with Crippen LogP contribution in [0.1, 0.15) is 35.4 Å². The normalized spacial score (nSPS) is 14.4. The number of fused-ring (bicyclic) bond motifs is 1. The molecule has 1 aliphatic rings. The Morgan fingerprint density at radius 2 is 2.00 bits per heavy atom. The Morgan fingerprint density at radius 1 is 1.16 bits per heavy atom. The van der Waals surface area contributed by atoms with Crippen molar-refractivity contribution < 1.29 is 4.52 Å². The van der Waals surface area contributed by atoms with E-state index in [9.17, 15) is 0 Å². The number of hydrogen-bond acceptors (Lipinski definition) is 3. The number of rotatable bonds is 4. The first-order chi connectivity index (χ1) is 9.34. The molecule has 4 heteroatoms. The first-order valence-corrected chi connectivity index (χ1v) is 8.15. The molecule has 0 saturated heterocycles. The Bertz CT molecular complexity index is 567. The Balaban J connectivity index is 1.61. The van der Waals surface area contributed by atoms with E-state index < -0.39 is 0 Å². The van der Waals surface area contributed by atoms with Gasteiger partial charge < -0.3 is 4.52 Å². The van der Waals surface area contributed by atoms with Gasteiger partial charge >= 0.3 is 0 Å². The lowest BCUT2D eigenvalue weighted by Gasteiger charge is -2.09. The van der Waals surface area contributed by atoms with Crippen molar-refractivity contribution in [1.82, 2.24) is 5.16 Å². The molecule has 19 heavy (non-hydrogen) atoms. The molecule has 0 spiro atoms. The Hall–Kier alpha value is -0.930. The van der Waals surface area contributed by atoms with Crippen molar-refractivity contribution in [3.05, 3.63) is 51.9 Å².